The van der Waals surface area contributed by atoms with E-state index >= 15 is 0 Å². The van der Waals surface area contributed by atoms with Crippen LogP contribution in [-0.4, -0.2) is 16.6 Å². The number of alkyl halides is 3. The normalized spacial score (nSPS) is 11.3. The largest absolute Gasteiger partial charge is 0.429 e. The van der Waals surface area contributed by atoms with Crippen molar-refractivity contribution in [1.82, 2.24) is 9.97 Å². The Hall–Kier alpha value is -1.24. The molecular formula is C9H6BrF3N2O. The summed E-state index contributed by atoms with van der Waals surface area (Å²) >= 11 is 3.15. The number of hydrogen-bond acceptors (Lipinski definition) is 2. The van der Waals surface area contributed by atoms with Gasteiger partial charge in [0.05, 0.1) is 10.8 Å². The lowest BCUT2D eigenvalue weighted by atomic mass is 10.3. The second kappa shape index (κ2) is 4.32. The molecule has 0 amide bonds. The average molecular weight is 295 g/mol. The lowest BCUT2D eigenvalue weighted by Gasteiger charge is -2.05. The van der Waals surface area contributed by atoms with E-state index in [0.717, 1.165) is 6.07 Å². The molecule has 0 bridgehead atoms. The van der Waals surface area contributed by atoms with E-state index in [1.807, 2.05) is 0 Å². The summed E-state index contributed by atoms with van der Waals surface area (Å²) < 4.78 is 41.5. The molecule has 2 aromatic rings. The number of fused-ring (bicyclic) bond motifs is 1. The van der Waals surface area contributed by atoms with Crippen molar-refractivity contribution in [3.8, 4) is 5.75 Å². The molecule has 0 aliphatic rings. The van der Waals surface area contributed by atoms with Gasteiger partial charge in [0, 0.05) is 0 Å². The van der Waals surface area contributed by atoms with Gasteiger partial charge in [-0.1, -0.05) is 15.9 Å². The minimum atomic E-state index is -3.08. The second-order valence-corrected chi connectivity index (χ2v) is 3.53. The third kappa shape index (κ3) is 1.99. The summed E-state index contributed by atoms with van der Waals surface area (Å²) in [5, 5.41) is 0.414. The van der Waals surface area contributed by atoms with E-state index in [9.17, 15) is 13.2 Å². The molecule has 0 saturated heterocycles. The maximum atomic E-state index is 13.3. The number of aromatic amines is 1. The molecular weight excluding hydrogens is 289 g/mol. The van der Waals surface area contributed by atoms with Gasteiger partial charge >= 0.3 is 6.61 Å². The molecule has 0 unspecified atom stereocenters. The monoisotopic (exact) mass is 294 g/mol. The maximum absolute atomic E-state index is 13.3. The molecule has 2 rings (SSSR count). The first-order valence-corrected chi connectivity index (χ1v) is 5.42. The number of halogens is 4. The van der Waals surface area contributed by atoms with Crippen molar-refractivity contribution in [2.75, 3.05) is 0 Å². The number of H-pyrrole nitrogens is 1. The highest BCUT2D eigenvalue weighted by Crippen LogP contribution is 2.28. The van der Waals surface area contributed by atoms with Crippen LogP contribution in [0.15, 0.2) is 12.1 Å². The second-order valence-electron chi connectivity index (χ2n) is 2.97. The van der Waals surface area contributed by atoms with Crippen LogP contribution in [0.1, 0.15) is 5.82 Å². The first kappa shape index (κ1) is 11.3. The van der Waals surface area contributed by atoms with E-state index in [1.165, 1.54) is 6.07 Å². The van der Waals surface area contributed by atoms with Crippen LogP contribution in [0.5, 0.6) is 5.75 Å². The van der Waals surface area contributed by atoms with E-state index < -0.39 is 18.2 Å². The molecule has 0 spiro atoms. The zero-order valence-electron chi connectivity index (χ0n) is 7.81. The minimum Gasteiger partial charge on any atom is -0.429 e. The molecule has 1 aromatic heterocycles. The van der Waals surface area contributed by atoms with Gasteiger partial charge in [0.15, 0.2) is 11.6 Å². The number of ether oxygens (including phenoxy) is 1. The standard InChI is InChI=1S/C9H6BrF3N2O/c10-3-6-14-5-2-1-4(11)8(7(5)15-6)16-9(12)13/h1-2,9H,3H2,(H,14,15). The van der Waals surface area contributed by atoms with Crippen LogP contribution in [0.2, 0.25) is 0 Å². The van der Waals surface area contributed by atoms with Crippen LogP contribution in [0.3, 0.4) is 0 Å². The zero-order valence-corrected chi connectivity index (χ0v) is 9.39. The summed E-state index contributed by atoms with van der Waals surface area (Å²) in [6, 6.07) is 2.47. The van der Waals surface area contributed by atoms with Crippen molar-refractivity contribution in [1.29, 1.82) is 0 Å². The topological polar surface area (TPSA) is 37.9 Å². The Labute approximate surface area is 96.7 Å². The smallest absolute Gasteiger partial charge is 0.387 e. The van der Waals surface area contributed by atoms with Crippen molar-refractivity contribution in [3.63, 3.8) is 0 Å². The Balaban J connectivity index is 2.58. The van der Waals surface area contributed by atoms with E-state index in [4.69, 9.17) is 0 Å². The van der Waals surface area contributed by atoms with Gasteiger partial charge in [-0.3, -0.25) is 0 Å². The number of imidazole rings is 1. The fourth-order valence-corrected chi connectivity index (χ4v) is 1.61. The van der Waals surface area contributed by atoms with Gasteiger partial charge in [-0.2, -0.15) is 8.78 Å². The molecule has 86 valence electrons. The molecule has 7 heteroatoms. The minimum absolute atomic E-state index is 0.0646. The molecule has 0 atom stereocenters. The highest BCUT2D eigenvalue weighted by Gasteiger charge is 2.16. The summed E-state index contributed by atoms with van der Waals surface area (Å²) in [6.45, 7) is -3.08. The summed E-state index contributed by atoms with van der Waals surface area (Å²) in [6.07, 6.45) is 0. The predicted octanol–water partition coefficient (Wildman–Crippen LogP) is 3.20. The SMILES string of the molecule is Fc1ccc2[nH]c(CBr)nc2c1OC(F)F. The third-order valence-electron chi connectivity index (χ3n) is 1.94. The van der Waals surface area contributed by atoms with E-state index in [2.05, 4.69) is 30.6 Å². The first-order chi connectivity index (χ1) is 7.61. The molecule has 0 aliphatic carbocycles. The molecule has 0 radical (unpaired) electrons. The highest BCUT2D eigenvalue weighted by molar-refractivity contribution is 9.08. The van der Waals surface area contributed by atoms with Crippen molar-refractivity contribution >= 4 is 27.0 Å². The Morgan fingerprint density at radius 2 is 2.19 bits per heavy atom. The Morgan fingerprint density at radius 1 is 1.44 bits per heavy atom. The molecule has 0 aliphatic heterocycles. The van der Waals surface area contributed by atoms with E-state index in [1.54, 1.807) is 0 Å². The van der Waals surface area contributed by atoms with Crippen LogP contribution in [0.4, 0.5) is 13.2 Å². The first-order valence-electron chi connectivity index (χ1n) is 4.29. The van der Waals surface area contributed by atoms with Gasteiger partial charge in [-0.25, -0.2) is 9.37 Å². The van der Waals surface area contributed by atoms with Crippen molar-refractivity contribution in [2.24, 2.45) is 0 Å². The van der Waals surface area contributed by atoms with Gasteiger partial charge in [-0.05, 0) is 12.1 Å². The number of aromatic nitrogens is 2. The maximum Gasteiger partial charge on any atom is 0.387 e. The van der Waals surface area contributed by atoms with Gasteiger partial charge in [0.2, 0.25) is 0 Å². The molecule has 3 nitrogen and oxygen atoms in total. The van der Waals surface area contributed by atoms with E-state index in [-0.39, 0.29) is 5.52 Å². The highest BCUT2D eigenvalue weighted by atomic mass is 79.9. The van der Waals surface area contributed by atoms with Gasteiger partial charge in [0.1, 0.15) is 11.3 Å². The van der Waals surface area contributed by atoms with Crippen LogP contribution in [-0.2, 0) is 5.33 Å². The van der Waals surface area contributed by atoms with Crippen LogP contribution in [0, 0.1) is 5.82 Å². The van der Waals surface area contributed by atoms with Gasteiger partial charge in [-0.15, -0.1) is 0 Å². The van der Waals surface area contributed by atoms with Gasteiger partial charge in [0.25, 0.3) is 0 Å². The molecule has 0 saturated carbocycles. The Morgan fingerprint density at radius 3 is 2.81 bits per heavy atom. The fourth-order valence-electron chi connectivity index (χ4n) is 1.34. The number of rotatable bonds is 3. The predicted molar refractivity (Wildman–Crippen MR) is 55.3 cm³/mol. The number of nitrogens with one attached hydrogen (secondary N) is 1. The van der Waals surface area contributed by atoms with Crippen LogP contribution >= 0.6 is 15.9 Å². The Bertz CT molecular complexity index is 515. The summed E-state index contributed by atoms with van der Waals surface area (Å²) in [5.41, 5.74) is 0.515. The van der Waals surface area contributed by atoms with Crippen molar-refractivity contribution < 1.29 is 17.9 Å². The summed E-state index contributed by atoms with van der Waals surface area (Å²) in [7, 11) is 0. The van der Waals surface area contributed by atoms with Crippen molar-refractivity contribution in [3.05, 3.63) is 23.8 Å². The molecule has 16 heavy (non-hydrogen) atoms. The molecule has 1 N–H and O–H groups in total. The lowest BCUT2D eigenvalue weighted by Crippen LogP contribution is -2.04. The summed E-state index contributed by atoms with van der Waals surface area (Å²) in [4.78, 5) is 6.78. The number of nitrogens with zero attached hydrogens (tertiary/aromatic N) is 1. The van der Waals surface area contributed by atoms with Gasteiger partial charge < -0.3 is 9.72 Å². The van der Waals surface area contributed by atoms with E-state index in [0.29, 0.717) is 16.7 Å². The average Bonchev–Trinajstić information content (AvgIpc) is 2.65. The van der Waals surface area contributed by atoms with Crippen molar-refractivity contribution in [2.45, 2.75) is 11.9 Å². The third-order valence-corrected chi connectivity index (χ3v) is 2.47. The molecule has 1 heterocycles. The fraction of sp³-hybridized carbons (Fsp3) is 0.222. The summed E-state index contributed by atoms with van der Waals surface area (Å²) in [5.74, 6) is -0.879. The quantitative estimate of drug-likeness (QED) is 0.883. The van der Waals surface area contributed by atoms with Crippen LogP contribution < -0.4 is 4.74 Å². The molecule has 1 aromatic carbocycles. The lowest BCUT2D eigenvalue weighted by molar-refractivity contribution is -0.0511. The Kier molecular flexibility index (Phi) is 3.04. The zero-order chi connectivity index (χ0) is 11.7. The van der Waals surface area contributed by atoms with Crippen LogP contribution in [0.25, 0.3) is 11.0 Å². The number of benzene rings is 1. The number of hydrogen-bond donors (Lipinski definition) is 1. The molecule has 0 fully saturated rings.